The Morgan fingerprint density at radius 1 is 1.08 bits per heavy atom. The molecule has 0 bridgehead atoms. The lowest BCUT2D eigenvalue weighted by molar-refractivity contribution is 0.102. The summed E-state index contributed by atoms with van der Waals surface area (Å²) in [5.41, 5.74) is 2.11. The van der Waals surface area contributed by atoms with E-state index in [1.807, 2.05) is 31.2 Å². The van der Waals surface area contributed by atoms with Crippen LogP contribution in [0.2, 0.25) is 0 Å². The fraction of sp³-hybridized carbons (Fsp3) is 0.350. The van der Waals surface area contributed by atoms with Crippen LogP contribution >= 0.6 is 0 Å². The van der Waals surface area contributed by atoms with Gasteiger partial charge in [0.15, 0.2) is 0 Å². The van der Waals surface area contributed by atoms with E-state index in [0.29, 0.717) is 5.56 Å². The van der Waals surface area contributed by atoms with Crippen molar-refractivity contribution in [2.45, 2.75) is 50.0 Å². The maximum atomic E-state index is 12.6. The smallest absolute Gasteiger partial charge is 0.255 e. The van der Waals surface area contributed by atoms with Gasteiger partial charge in [-0.05, 0) is 49.1 Å². The second kappa shape index (κ2) is 8.01. The Labute approximate surface area is 154 Å². The van der Waals surface area contributed by atoms with E-state index in [9.17, 15) is 13.2 Å². The molecule has 26 heavy (non-hydrogen) atoms. The van der Waals surface area contributed by atoms with Crippen LogP contribution in [0.5, 0.6) is 0 Å². The number of para-hydroxylation sites is 1. The van der Waals surface area contributed by atoms with E-state index in [0.717, 1.165) is 43.4 Å². The van der Waals surface area contributed by atoms with E-state index in [2.05, 4.69) is 10.0 Å². The number of benzene rings is 2. The van der Waals surface area contributed by atoms with Crippen molar-refractivity contribution in [3.8, 4) is 0 Å². The molecule has 3 rings (SSSR count). The van der Waals surface area contributed by atoms with Crippen molar-refractivity contribution in [3.05, 3.63) is 59.7 Å². The van der Waals surface area contributed by atoms with Crippen molar-refractivity contribution >= 4 is 21.6 Å². The number of sulfonamides is 1. The number of carbonyl (C=O) groups is 1. The molecule has 0 radical (unpaired) electrons. The van der Waals surface area contributed by atoms with Crippen LogP contribution in [0, 0.1) is 0 Å². The third-order valence-electron chi connectivity index (χ3n) is 4.73. The highest BCUT2D eigenvalue weighted by Crippen LogP contribution is 2.21. The first-order valence-electron chi connectivity index (χ1n) is 9.01. The molecule has 0 unspecified atom stereocenters. The summed E-state index contributed by atoms with van der Waals surface area (Å²) in [6.07, 6.45) is 4.63. The molecule has 0 spiro atoms. The Bertz CT molecular complexity index is 887. The molecule has 0 aliphatic heterocycles. The Balaban J connectivity index is 1.79. The van der Waals surface area contributed by atoms with Gasteiger partial charge in [0.2, 0.25) is 10.0 Å². The van der Waals surface area contributed by atoms with Crippen LogP contribution in [0.25, 0.3) is 0 Å². The maximum Gasteiger partial charge on any atom is 0.255 e. The summed E-state index contributed by atoms with van der Waals surface area (Å²) >= 11 is 0. The van der Waals surface area contributed by atoms with Gasteiger partial charge >= 0.3 is 0 Å². The fourth-order valence-corrected chi connectivity index (χ4v) is 4.63. The molecule has 138 valence electrons. The van der Waals surface area contributed by atoms with Gasteiger partial charge in [0.25, 0.3) is 5.91 Å². The minimum absolute atomic E-state index is 0.00564. The lowest BCUT2D eigenvalue weighted by Crippen LogP contribution is -2.32. The van der Waals surface area contributed by atoms with Gasteiger partial charge in [-0.2, -0.15) is 0 Å². The van der Waals surface area contributed by atoms with Gasteiger partial charge in [0, 0.05) is 17.3 Å². The number of hydrogen-bond acceptors (Lipinski definition) is 3. The zero-order valence-corrected chi connectivity index (χ0v) is 15.7. The van der Waals surface area contributed by atoms with Crippen molar-refractivity contribution in [3.63, 3.8) is 0 Å². The molecular weight excluding hydrogens is 348 g/mol. The van der Waals surface area contributed by atoms with Crippen LogP contribution in [-0.2, 0) is 16.4 Å². The highest BCUT2D eigenvalue weighted by molar-refractivity contribution is 7.89. The molecule has 6 heteroatoms. The van der Waals surface area contributed by atoms with Crippen LogP contribution in [0.1, 0.15) is 48.5 Å². The largest absolute Gasteiger partial charge is 0.322 e. The molecule has 0 aromatic heterocycles. The Kier molecular flexibility index (Phi) is 5.74. The number of hydrogen-bond donors (Lipinski definition) is 2. The highest BCUT2D eigenvalue weighted by atomic mass is 32.2. The number of carbonyl (C=O) groups excluding carboxylic acids is 1. The molecule has 1 saturated carbocycles. The Morgan fingerprint density at radius 2 is 1.81 bits per heavy atom. The lowest BCUT2D eigenvalue weighted by Gasteiger charge is -2.14. The Hall–Kier alpha value is -2.18. The minimum atomic E-state index is -3.62. The zero-order chi connectivity index (χ0) is 18.6. The molecule has 5 nitrogen and oxygen atoms in total. The van der Waals surface area contributed by atoms with Gasteiger partial charge in [-0.25, -0.2) is 13.1 Å². The van der Waals surface area contributed by atoms with Gasteiger partial charge in [-0.15, -0.1) is 0 Å². The lowest BCUT2D eigenvalue weighted by atomic mass is 10.1. The number of aryl methyl sites for hydroxylation is 1. The first-order chi connectivity index (χ1) is 12.5. The highest BCUT2D eigenvalue weighted by Gasteiger charge is 2.23. The molecule has 0 atom stereocenters. The molecule has 2 N–H and O–H groups in total. The molecular formula is C20H24N2O3S. The van der Waals surface area contributed by atoms with E-state index < -0.39 is 10.0 Å². The van der Waals surface area contributed by atoms with E-state index >= 15 is 0 Å². The average Bonchev–Trinajstić information content (AvgIpc) is 3.14. The number of anilines is 1. The van der Waals surface area contributed by atoms with Gasteiger partial charge in [0.05, 0.1) is 4.90 Å². The van der Waals surface area contributed by atoms with Crippen LogP contribution in [0.15, 0.2) is 53.4 Å². The normalized spacial score (nSPS) is 15.1. The summed E-state index contributed by atoms with van der Waals surface area (Å²) in [5.74, 6) is -0.316. The van der Waals surface area contributed by atoms with Crippen LogP contribution in [-0.4, -0.2) is 20.4 Å². The van der Waals surface area contributed by atoms with E-state index in [1.54, 1.807) is 12.1 Å². The molecule has 1 amide bonds. The van der Waals surface area contributed by atoms with Crippen LogP contribution < -0.4 is 10.0 Å². The van der Waals surface area contributed by atoms with Gasteiger partial charge in [0.1, 0.15) is 0 Å². The molecule has 1 aliphatic rings. The van der Waals surface area contributed by atoms with E-state index in [1.165, 1.54) is 12.1 Å². The van der Waals surface area contributed by atoms with Gasteiger partial charge in [-0.1, -0.05) is 44.0 Å². The Morgan fingerprint density at radius 3 is 2.54 bits per heavy atom. The van der Waals surface area contributed by atoms with Gasteiger partial charge < -0.3 is 5.32 Å². The molecule has 0 saturated heterocycles. The summed E-state index contributed by atoms with van der Waals surface area (Å²) < 4.78 is 27.9. The number of nitrogens with one attached hydrogen (secondary N) is 2. The molecule has 0 heterocycles. The van der Waals surface area contributed by atoms with Crippen molar-refractivity contribution in [2.24, 2.45) is 0 Å². The van der Waals surface area contributed by atoms with E-state index in [4.69, 9.17) is 0 Å². The standard InChI is InChI=1S/C20H24N2O3S/c1-2-15-8-3-6-13-19(15)21-20(23)16-9-7-12-18(14-16)26(24,25)22-17-10-4-5-11-17/h3,6-9,12-14,17,22H,2,4-5,10-11H2,1H3,(H,21,23). The van der Waals surface area contributed by atoms with Crippen molar-refractivity contribution in [1.82, 2.24) is 4.72 Å². The molecule has 2 aromatic carbocycles. The zero-order valence-electron chi connectivity index (χ0n) is 14.9. The topological polar surface area (TPSA) is 75.3 Å². The molecule has 1 fully saturated rings. The number of amides is 1. The summed E-state index contributed by atoms with van der Waals surface area (Å²) in [6.45, 7) is 2.02. The second-order valence-corrected chi connectivity index (χ2v) is 8.31. The van der Waals surface area contributed by atoms with Gasteiger partial charge in [-0.3, -0.25) is 4.79 Å². The van der Waals surface area contributed by atoms with E-state index in [-0.39, 0.29) is 16.8 Å². The quantitative estimate of drug-likeness (QED) is 0.811. The van der Waals surface area contributed by atoms with Crippen LogP contribution in [0.3, 0.4) is 0 Å². The number of rotatable bonds is 6. The molecule has 1 aliphatic carbocycles. The summed E-state index contributed by atoms with van der Waals surface area (Å²) in [5, 5.41) is 2.88. The summed E-state index contributed by atoms with van der Waals surface area (Å²) in [6, 6.07) is 13.8. The fourth-order valence-electron chi connectivity index (χ4n) is 3.28. The first-order valence-corrected chi connectivity index (χ1v) is 10.5. The summed E-state index contributed by atoms with van der Waals surface area (Å²) in [7, 11) is -3.62. The van der Waals surface area contributed by atoms with Crippen LogP contribution in [0.4, 0.5) is 5.69 Å². The monoisotopic (exact) mass is 372 g/mol. The van der Waals surface area contributed by atoms with Crippen molar-refractivity contribution in [1.29, 1.82) is 0 Å². The predicted molar refractivity (Wildman–Crippen MR) is 103 cm³/mol. The SMILES string of the molecule is CCc1ccccc1NC(=O)c1cccc(S(=O)(=O)NC2CCCC2)c1. The molecule has 2 aromatic rings. The average molecular weight is 372 g/mol. The summed E-state index contributed by atoms with van der Waals surface area (Å²) in [4.78, 5) is 12.7. The predicted octanol–water partition coefficient (Wildman–Crippen LogP) is 3.72. The third kappa shape index (κ3) is 4.31. The van der Waals surface area contributed by atoms with Crippen molar-refractivity contribution < 1.29 is 13.2 Å². The second-order valence-electron chi connectivity index (χ2n) is 6.60. The third-order valence-corrected chi connectivity index (χ3v) is 6.25. The van der Waals surface area contributed by atoms with Crippen molar-refractivity contribution in [2.75, 3.05) is 5.32 Å². The maximum absolute atomic E-state index is 12.6. The minimum Gasteiger partial charge on any atom is -0.322 e. The first kappa shape index (κ1) is 18.6.